The van der Waals surface area contributed by atoms with Gasteiger partial charge in [-0.1, -0.05) is 41.9 Å². The normalized spacial score (nSPS) is 12.4. The van der Waals surface area contributed by atoms with Gasteiger partial charge in [-0.25, -0.2) is 0 Å². The van der Waals surface area contributed by atoms with Crippen LogP contribution in [0.5, 0.6) is 0 Å². The molecule has 2 aromatic carbocycles. The van der Waals surface area contributed by atoms with Crippen molar-refractivity contribution in [1.82, 2.24) is 10.6 Å². The average molecular weight is 351 g/mol. The van der Waals surface area contributed by atoms with E-state index in [1.54, 1.807) is 0 Å². The molecule has 0 bridgehead atoms. The second-order valence-corrected chi connectivity index (χ2v) is 6.05. The Morgan fingerprint density at radius 3 is 2.52 bits per heavy atom. The number of carbonyl (C=O) groups is 1. The molecule has 0 aromatic heterocycles. The lowest BCUT2D eigenvalue weighted by atomic mass is 10.1. The lowest BCUT2D eigenvalue weighted by Gasteiger charge is -2.07. The molecule has 3 rings (SSSR count). The van der Waals surface area contributed by atoms with E-state index in [9.17, 15) is 4.79 Å². The molecule has 5 heteroatoms. The van der Waals surface area contributed by atoms with Crippen LogP contribution in [0, 0.1) is 0 Å². The zero-order chi connectivity index (χ0) is 15.4. The van der Waals surface area contributed by atoms with Crippen molar-refractivity contribution in [3.05, 3.63) is 69.7 Å². The van der Waals surface area contributed by atoms with Gasteiger partial charge in [0.25, 0.3) is 0 Å². The van der Waals surface area contributed by atoms with E-state index < -0.39 is 0 Å². The molecule has 122 valence electrons. The summed E-state index contributed by atoms with van der Waals surface area (Å²) in [5, 5.41) is 7.03. The molecule has 2 aromatic rings. The molecule has 1 heterocycles. The van der Waals surface area contributed by atoms with Gasteiger partial charge in [0.05, 0.1) is 0 Å². The SMILES string of the molecule is Cl.O=C(CCc1ccc(Cl)cc1)NCc1ccc2c(c1)CNC2. The van der Waals surface area contributed by atoms with Gasteiger partial charge in [0.1, 0.15) is 0 Å². The van der Waals surface area contributed by atoms with Crippen LogP contribution in [-0.2, 0) is 30.8 Å². The quantitative estimate of drug-likeness (QED) is 0.864. The third-order valence-electron chi connectivity index (χ3n) is 3.95. The van der Waals surface area contributed by atoms with Crippen LogP contribution in [0.15, 0.2) is 42.5 Å². The number of aryl methyl sites for hydroxylation is 1. The highest BCUT2D eigenvalue weighted by atomic mass is 35.5. The predicted octanol–water partition coefficient (Wildman–Crippen LogP) is 3.61. The number of rotatable bonds is 5. The minimum absolute atomic E-state index is 0. The monoisotopic (exact) mass is 350 g/mol. The van der Waals surface area contributed by atoms with Gasteiger partial charge in [-0.3, -0.25) is 4.79 Å². The van der Waals surface area contributed by atoms with Crippen molar-refractivity contribution in [2.24, 2.45) is 0 Å². The van der Waals surface area contributed by atoms with Crippen LogP contribution in [0.2, 0.25) is 5.02 Å². The molecule has 1 aliphatic rings. The van der Waals surface area contributed by atoms with Crippen molar-refractivity contribution in [2.75, 3.05) is 0 Å². The minimum atomic E-state index is 0. The molecule has 0 saturated heterocycles. The Hall–Kier alpha value is -1.55. The smallest absolute Gasteiger partial charge is 0.220 e. The summed E-state index contributed by atoms with van der Waals surface area (Å²) in [7, 11) is 0. The van der Waals surface area contributed by atoms with Crippen molar-refractivity contribution in [3.63, 3.8) is 0 Å². The third kappa shape index (κ3) is 4.96. The summed E-state index contributed by atoms with van der Waals surface area (Å²) in [6.45, 7) is 2.46. The second kappa shape index (κ2) is 8.34. The van der Waals surface area contributed by atoms with Gasteiger partial charge in [0.15, 0.2) is 0 Å². The van der Waals surface area contributed by atoms with Gasteiger partial charge < -0.3 is 10.6 Å². The number of nitrogens with one attached hydrogen (secondary N) is 2. The molecule has 0 radical (unpaired) electrons. The van der Waals surface area contributed by atoms with E-state index in [1.165, 1.54) is 11.1 Å². The van der Waals surface area contributed by atoms with Gasteiger partial charge >= 0.3 is 0 Å². The summed E-state index contributed by atoms with van der Waals surface area (Å²) in [4.78, 5) is 11.9. The molecule has 0 fully saturated rings. The lowest BCUT2D eigenvalue weighted by Crippen LogP contribution is -2.23. The van der Waals surface area contributed by atoms with E-state index in [0.717, 1.165) is 35.7 Å². The Balaban J connectivity index is 0.00000192. The van der Waals surface area contributed by atoms with Gasteiger partial charge in [-0.15, -0.1) is 12.4 Å². The van der Waals surface area contributed by atoms with E-state index in [0.29, 0.717) is 13.0 Å². The van der Waals surface area contributed by atoms with Crippen molar-refractivity contribution in [3.8, 4) is 0 Å². The van der Waals surface area contributed by atoms with Crippen molar-refractivity contribution < 1.29 is 4.79 Å². The average Bonchev–Trinajstić information content (AvgIpc) is 3.00. The maximum absolute atomic E-state index is 11.9. The van der Waals surface area contributed by atoms with Gasteiger partial charge in [-0.05, 0) is 40.8 Å². The molecule has 1 aliphatic heterocycles. The summed E-state index contributed by atoms with van der Waals surface area (Å²) in [5.41, 5.74) is 4.98. The summed E-state index contributed by atoms with van der Waals surface area (Å²) in [6, 6.07) is 14.0. The van der Waals surface area contributed by atoms with Crippen molar-refractivity contribution in [2.45, 2.75) is 32.5 Å². The first-order chi connectivity index (χ1) is 10.7. The maximum Gasteiger partial charge on any atom is 0.220 e. The molecule has 0 saturated carbocycles. The summed E-state index contributed by atoms with van der Waals surface area (Å²) in [6.07, 6.45) is 1.23. The first-order valence-corrected chi connectivity index (χ1v) is 7.91. The van der Waals surface area contributed by atoms with Crippen LogP contribution in [0.3, 0.4) is 0 Å². The number of halogens is 2. The van der Waals surface area contributed by atoms with E-state index in [2.05, 4.69) is 28.8 Å². The zero-order valence-electron chi connectivity index (χ0n) is 12.8. The van der Waals surface area contributed by atoms with Crippen molar-refractivity contribution >= 4 is 29.9 Å². The molecule has 3 nitrogen and oxygen atoms in total. The molecule has 0 atom stereocenters. The van der Waals surface area contributed by atoms with Crippen LogP contribution in [-0.4, -0.2) is 5.91 Å². The Kier molecular flexibility index (Phi) is 6.46. The number of amides is 1. The fraction of sp³-hybridized carbons (Fsp3) is 0.278. The van der Waals surface area contributed by atoms with Crippen LogP contribution in [0.1, 0.15) is 28.7 Å². The Morgan fingerprint density at radius 2 is 1.74 bits per heavy atom. The molecular formula is C18H20Cl2N2O. The maximum atomic E-state index is 11.9. The van der Waals surface area contributed by atoms with Crippen LogP contribution >= 0.6 is 24.0 Å². The third-order valence-corrected chi connectivity index (χ3v) is 4.20. The van der Waals surface area contributed by atoms with Crippen LogP contribution in [0.4, 0.5) is 0 Å². The predicted molar refractivity (Wildman–Crippen MR) is 95.9 cm³/mol. The van der Waals surface area contributed by atoms with E-state index >= 15 is 0 Å². The van der Waals surface area contributed by atoms with Crippen molar-refractivity contribution in [1.29, 1.82) is 0 Å². The molecule has 0 unspecified atom stereocenters. The Labute approximate surface area is 147 Å². The Bertz CT molecular complexity index is 671. The Morgan fingerprint density at radius 1 is 1.04 bits per heavy atom. The van der Waals surface area contributed by atoms with E-state index in [1.807, 2.05) is 24.3 Å². The highest BCUT2D eigenvalue weighted by molar-refractivity contribution is 6.30. The van der Waals surface area contributed by atoms with Gasteiger partial charge in [0, 0.05) is 31.1 Å². The second-order valence-electron chi connectivity index (χ2n) is 5.61. The fourth-order valence-corrected chi connectivity index (χ4v) is 2.78. The number of fused-ring (bicyclic) bond motifs is 1. The molecule has 1 amide bonds. The number of hydrogen-bond donors (Lipinski definition) is 2. The molecule has 0 aliphatic carbocycles. The topological polar surface area (TPSA) is 41.1 Å². The van der Waals surface area contributed by atoms with Gasteiger partial charge in [-0.2, -0.15) is 0 Å². The highest BCUT2D eigenvalue weighted by Crippen LogP contribution is 2.17. The van der Waals surface area contributed by atoms with E-state index in [-0.39, 0.29) is 18.3 Å². The minimum Gasteiger partial charge on any atom is -0.352 e. The van der Waals surface area contributed by atoms with Gasteiger partial charge in [0.2, 0.25) is 5.91 Å². The summed E-state index contributed by atoms with van der Waals surface area (Å²) in [5.74, 6) is 0.0774. The van der Waals surface area contributed by atoms with Crippen LogP contribution in [0.25, 0.3) is 0 Å². The first-order valence-electron chi connectivity index (χ1n) is 7.53. The highest BCUT2D eigenvalue weighted by Gasteiger charge is 2.10. The fourth-order valence-electron chi connectivity index (χ4n) is 2.66. The molecular weight excluding hydrogens is 331 g/mol. The summed E-state index contributed by atoms with van der Waals surface area (Å²) < 4.78 is 0. The summed E-state index contributed by atoms with van der Waals surface area (Å²) >= 11 is 5.85. The lowest BCUT2D eigenvalue weighted by molar-refractivity contribution is -0.121. The molecule has 0 spiro atoms. The molecule has 23 heavy (non-hydrogen) atoms. The van der Waals surface area contributed by atoms with Crippen LogP contribution < -0.4 is 10.6 Å². The largest absolute Gasteiger partial charge is 0.352 e. The standard InChI is InChI=1S/C18H19ClN2O.ClH/c19-17-6-2-13(3-7-17)4-8-18(22)21-10-14-1-5-15-11-20-12-16(15)9-14;/h1-3,5-7,9,20H,4,8,10-12H2,(H,21,22);1H. The number of carbonyl (C=O) groups excluding carboxylic acids is 1. The zero-order valence-corrected chi connectivity index (χ0v) is 14.3. The molecule has 2 N–H and O–H groups in total. The van der Waals surface area contributed by atoms with E-state index in [4.69, 9.17) is 11.6 Å². The number of benzene rings is 2. The number of hydrogen-bond acceptors (Lipinski definition) is 2. The first kappa shape index (κ1) is 17.8.